The normalized spacial score (nSPS) is 15.9. The van der Waals surface area contributed by atoms with E-state index in [0.717, 1.165) is 47.7 Å². The standard InChI is InChI=1S/C31H37N3O6/c1-32(25-5-3-4-6-25)30(36)21-9-11-26-23(10-12-29(35)33-13-15-40-16-14-33)19-34(27(26)17-21)20-24-8-7-22(31(37)38)18-28(24)39-2/h7-9,11,17-19,25H,3-6,10,12-16,20H2,1-2H3,(H,37,38). The summed E-state index contributed by atoms with van der Waals surface area (Å²) in [5, 5.41) is 10.4. The molecule has 1 aromatic heterocycles. The second-order valence-electron chi connectivity index (χ2n) is 10.7. The first kappa shape index (κ1) is 27.7. The molecule has 0 atom stereocenters. The SMILES string of the molecule is COc1cc(C(=O)O)ccc1Cn1cc(CCC(=O)N2CCOCC2)c2ccc(C(=O)N(C)C3CCCC3)cc21. The van der Waals surface area contributed by atoms with E-state index in [0.29, 0.717) is 57.0 Å². The number of carbonyl (C=O) groups excluding carboxylic acids is 2. The van der Waals surface area contributed by atoms with E-state index < -0.39 is 5.97 Å². The molecular weight excluding hydrogens is 510 g/mol. The summed E-state index contributed by atoms with van der Waals surface area (Å²) < 4.78 is 13.0. The lowest BCUT2D eigenvalue weighted by Gasteiger charge is -2.26. The summed E-state index contributed by atoms with van der Waals surface area (Å²) in [5.74, 6) is -0.411. The number of rotatable bonds is 9. The van der Waals surface area contributed by atoms with Crippen molar-refractivity contribution in [1.82, 2.24) is 14.4 Å². The van der Waals surface area contributed by atoms with E-state index in [-0.39, 0.29) is 23.4 Å². The molecule has 2 aliphatic rings. The van der Waals surface area contributed by atoms with Crippen molar-refractivity contribution in [2.75, 3.05) is 40.5 Å². The number of morpholine rings is 1. The number of aromatic carboxylic acids is 1. The molecule has 0 spiro atoms. The molecule has 1 aliphatic heterocycles. The van der Waals surface area contributed by atoms with Gasteiger partial charge in [0.1, 0.15) is 5.75 Å². The largest absolute Gasteiger partial charge is 0.496 e. The molecule has 0 radical (unpaired) electrons. The van der Waals surface area contributed by atoms with Gasteiger partial charge in [0.25, 0.3) is 5.91 Å². The highest BCUT2D eigenvalue weighted by Crippen LogP contribution is 2.30. The Kier molecular flexibility index (Phi) is 8.40. The number of carboxylic acids is 1. The maximum atomic E-state index is 13.4. The molecule has 9 nitrogen and oxygen atoms in total. The van der Waals surface area contributed by atoms with Crippen LogP contribution in [0.5, 0.6) is 5.75 Å². The Morgan fingerprint density at radius 2 is 1.75 bits per heavy atom. The summed E-state index contributed by atoms with van der Waals surface area (Å²) in [7, 11) is 3.41. The number of aromatic nitrogens is 1. The molecule has 0 bridgehead atoms. The van der Waals surface area contributed by atoms with Crippen LogP contribution in [-0.4, -0.2) is 83.8 Å². The molecule has 1 saturated heterocycles. The zero-order valence-electron chi connectivity index (χ0n) is 23.2. The van der Waals surface area contributed by atoms with Crippen molar-refractivity contribution in [3.05, 3.63) is 64.8 Å². The highest BCUT2D eigenvalue weighted by molar-refractivity contribution is 5.99. The molecule has 0 unspecified atom stereocenters. The maximum Gasteiger partial charge on any atom is 0.335 e. The van der Waals surface area contributed by atoms with Gasteiger partial charge in [-0.25, -0.2) is 4.79 Å². The minimum atomic E-state index is -1.02. The van der Waals surface area contributed by atoms with E-state index in [2.05, 4.69) is 4.57 Å². The van der Waals surface area contributed by atoms with E-state index >= 15 is 0 Å². The molecule has 2 heterocycles. The predicted molar refractivity (Wildman–Crippen MR) is 151 cm³/mol. The number of fused-ring (bicyclic) bond motifs is 1. The van der Waals surface area contributed by atoms with Gasteiger partial charge in [-0.1, -0.05) is 25.0 Å². The van der Waals surface area contributed by atoms with Crippen LogP contribution in [0.3, 0.4) is 0 Å². The summed E-state index contributed by atoms with van der Waals surface area (Å²) >= 11 is 0. The Morgan fingerprint density at radius 1 is 1.02 bits per heavy atom. The van der Waals surface area contributed by atoms with Crippen molar-refractivity contribution < 1.29 is 29.0 Å². The Balaban J connectivity index is 1.47. The second kappa shape index (κ2) is 12.1. The van der Waals surface area contributed by atoms with Gasteiger partial charge in [-0.05, 0) is 49.1 Å². The van der Waals surface area contributed by atoms with Gasteiger partial charge in [0.15, 0.2) is 0 Å². The van der Waals surface area contributed by atoms with Gasteiger partial charge in [-0.2, -0.15) is 0 Å². The Hall–Kier alpha value is -3.85. The molecule has 2 fully saturated rings. The van der Waals surface area contributed by atoms with Gasteiger partial charge in [0.05, 0.1) is 32.4 Å². The molecule has 1 saturated carbocycles. The van der Waals surface area contributed by atoms with Crippen LogP contribution in [0.25, 0.3) is 10.9 Å². The van der Waals surface area contributed by atoms with Crippen LogP contribution >= 0.6 is 0 Å². The summed E-state index contributed by atoms with van der Waals surface area (Å²) in [6.07, 6.45) is 7.38. The number of carbonyl (C=O) groups is 3. The molecule has 212 valence electrons. The quantitative estimate of drug-likeness (QED) is 0.431. The van der Waals surface area contributed by atoms with E-state index in [4.69, 9.17) is 9.47 Å². The zero-order chi connectivity index (χ0) is 28.2. The number of benzene rings is 2. The summed E-state index contributed by atoms with van der Waals surface area (Å²) in [6.45, 7) is 2.80. The fourth-order valence-electron chi connectivity index (χ4n) is 5.90. The van der Waals surface area contributed by atoms with Crippen LogP contribution in [0.1, 0.15) is 63.9 Å². The van der Waals surface area contributed by atoms with E-state index in [1.54, 1.807) is 12.1 Å². The molecule has 1 N–H and O–H groups in total. The molecule has 40 heavy (non-hydrogen) atoms. The molecular formula is C31H37N3O6. The molecule has 2 aromatic carbocycles. The van der Waals surface area contributed by atoms with Crippen LogP contribution in [0.15, 0.2) is 42.6 Å². The van der Waals surface area contributed by atoms with Gasteiger partial charge in [0, 0.05) is 60.8 Å². The minimum Gasteiger partial charge on any atom is -0.496 e. The highest BCUT2D eigenvalue weighted by atomic mass is 16.5. The van der Waals surface area contributed by atoms with Gasteiger partial charge in [-0.3, -0.25) is 9.59 Å². The van der Waals surface area contributed by atoms with Crippen LogP contribution in [-0.2, 0) is 22.5 Å². The Labute approximate surface area is 234 Å². The van der Waals surface area contributed by atoms with Gasteiger partial charge < -0.3 is 28.9 Å². The number of hydrogen-bond acceptors (Lipinski definition) is 5. The third-order valence-corrected chi connectivity index (χ3v) is 8.25. The van der Waals surface area contributed by atoms with Crippen LogP contribution in [0.4, 0.5) is 0 Å². The van der Waals surface area contributed by atoms with Crippen molar-refractivity contribution in [3.8, 4) is 5.75 Å². The Bertz CT molecular complexity index is 1400. The number of nitrogens with zero attached hydrogens (tertiary/aromatic N) is 3. The summed E-state index contributed by atoms with van der Waals surface area (Å²) in [4.78, 5) is 41.5. The topological polar surface area (TPSA) is 101 Å². The number of methoxy groups -OCH3 is 1. The predicted octanol–water partition coefficient (Wildman–Crippen LogP) is 4.20. The van der Waals surface area contributed by atoms with E-state index in [1.165, 1.54) is 13.2 Å². The number of hydrogen-bond donors (Lipinski definition) is 1. The van der Waals surface area contributed by atoms with Crippen LogP contribution in [0.2, 0.25) is 0 Å². The third kappa shape index (κ3) is 5.84. The smallest absolute Gasteiger partial charge is 0.335 e. The fourth-order valence-corrected chi connectivity index (χ4v) is 5.90. The van der Waals surface area contributed by atoms with E-state index in [9.17, 15) is 19.5 Å². The van der Waals surface area contributed by atoms with Gasteiger partial charge in [0.2, 0.25) is 5.91 Å². The van der Waals surface area contributed by atoms with Crippen molar-refractivity contribution >= 4 is 28.7 Å². The first-order valence-corrected chi connectivity index (χ1v) is 14.0. The Morgan fingerprint density at radius 3 is 2.45 bits per heavy atom. The molecule has 9 heteroatoms. The van der Waals surface area contributed by atoms with E-state index in [1.807, 2.05) is 41.2 Å². The third-order valence-electron chi connectivity index (χ3n) is 8.25. The first-order valence-electron chi connectivity index (χ1n) is 14.0. The second-order valence-corrected chi connectivity index (χ2v) is 10.7. The zero-order valence-corrected chi connectivity index (χ0v) is 23.2. The average molecular weight is 548 g/mol. The number of aryl methyl sites for hydroxylation is 1. The molecule has 5 rings (SSSR count). The van der Waals surface area contributed by atoms with Crippen LogP contribution < -0.4 is 4.74 Å². The minimum absolute atomic E-state index is 0.00832. The fraction of sp³-hybridized carbons (Fsp3) is 0.452. The number of carboxylic acid groups (broad SMARTS) is 1. The van der Waals surface area contributed by atoms with Crippen LogP contribution in [0, 0.1) is 0 Å². The van der Waals surface area contributed by atoms with Crippen molar-refractivity contribution in [2.24, 2.45) is 0 Å². The highest BCUT2D eigenvalue weighted by Gasteiger charge is 2.25. The van der Waals surface area contributed by atoms with Crippen molar-refractivity contribution in [1.29, 1.82) is 0 Å². The summed E-state index contributed by atoms with van der Waals surface area (Å²) in [5.41, 5.74) is 3.53. The molecule has 2 amide bonds. The number of amides is 2. The monoisotopic (exact) mass is 547 g/mol. The van der Waals surface area contributed by atoms with Crippen molar-refractivity contribution in [2.45, 2.75) is 51.1 Å². The lowest BCUT2D eigenvalue weighted by Crippen LogP contribution is -2.40. The van der Waals surface area contributed by atoms with Crippen molar-refractivity contribution in [3.63, 3.8) is 0 Å². The summed E-state index contributed by atoms with van der Waals surface area (Å²) in [6, 6.07) is 10.9. The maximum absolute atomic E-state index is 13.4. The molecule has 3 aromatic rings. The lowest BCUT2D eigenvalue weighted by atomic mass is 10.0. The van der Waals surface area contributed by atoms with Gasteiger partial charge in [-0.15, -0.1) is 0 Å². The van der Waals surface area contributed by atoms with Gasteiger partial charge >= 0.3 is 5.97 Å². The lowest BCUT2D eigenvalue weighted by molar-refractivity contribution is -0.135. The number of ether oxygens (including phenoxy) is 2. The average Bonchev–Trinajstić information content (AvgIpc) is 3.64. The first-order chi connectivity index (χ1) is 19.4. The molecule has 1 aliphatic carbocycles.